The van der Waals surface area contributed by atoms with Crippen LogP contribution in [0.3, 0.4) is 0 Å². The van der Waals surface area contributed by atoms with E-state index >= 15 is 0 Å². The number of hydrogen-bond donors (Lipinski definition) is 3. The number of anilines is 1. The molecule has 0 bridgehead atoms. The molecule has 1 aromatic heterocycles. The number of hydrogen-bond acceptors (Lipinski definition) is 4. The predicted molar refractivity (Wildman–Crippen MR) is 77.6 cm³/mol. The zero-order chi connectivity index (χ0) is 15.4. The lowest BCUT2D eigenvalue weighted by Gasteiger charge is -2.08. The van der Waals surface area contributed by atoms with Crippen LogP contribution in [0.1, 0.15) is 20.8 Å². The molecule has 0 aliphatic heterocycles. The first-order chi connectivity index (χ1) is 10.0. The number of nitrogens with zero attached hydrogens (tertiary/aromatic N) is 2. The van der Waals surface area contributed by atoms with Gasteiger partial charge in [0, 0.05) is 19.3 Å². The van der Waals surface area contributed by atoms with Gasteiger partial charge in [0.05, 0.1) is 17.0 Å². The fourth-order valence-electron chi connectivity index (χ4n) is 1.78. The number of imidazole rings is 1. The Balaban J connectivity index is 2.23. The predicted octanol–water partition coefficient (Wildman–Crippen LogP) is 1.45. The number of benzene rings is 1. The van der Waals surface area contributed by atoms with Gasteiger partial charge in [-0.2, -0.15) is 0 Å². The van der Waals surface area contributed by atoms with Crippen LogP contribution in [0.4, 0.5) is 5.69 Å². The molecule has 0 fully saturated rings. The van der Waals surface area contributed by atoms with E-state index in [1.165, 1.54) is 24.7 Å². The molecule has 0 spiro atoms. The summed E-state index contributed by atoms with van der Waals surface area (Å²) in [4.78, 5) is 27.2. The topological polar surface area (TPSA) is 110 Å². The summed E-state index contributed by atoms with van der Waals surface area (Å²) in [6.45, 7) is 0.965. The monoisotopic (exact) mass is 308 g/mol. The van der Waals surface area contributed by atoms with E-state index in [0.29, 0.717) is 13.1 Å². The van der Waals surface area contributed by atoms with Gasteiger partial charge in [-0.3, -0.25) is 4.79 Å². The molecule has 0 unspecified atom stereocenters. The number of rotatable bonds is 5. The summed E-state index contributed by atoms with van der Waals surface area (Å²) >= 11 is 5.83. The Labute approximate surface area is 125 Å². The van der Waals surface area contributed by atoms with Crippen molar-refractivity contribution < 1.29 is 14.7 Å². The van der Waals surface area contributed by atoms with Crippen molar-refractivity contribution in [3.05, 3.63) is 47.0 Å². The van der Waals surface area contributed by atoms with E-state index in [2.05, 4.69) is 10.3 Å². The van der Waals surface area contributed by atoms with Crippen LogP contribution in [-0.4, -0.2) is 33.1 Å². The van der Waals surface area contributed by atoms with Gasteiger partial charge in [-0.25, -0.2) is 9.78 Å². The Kier molecular flexibility index (Phi) is 4.56. The number of carbonyl (C=O) groups excluding carboxylic acids is 1. The highest BCUT2D eigenvalue weighted by Gasteiger charge is 2.17. The SMILES string of the molecule is NCCn1cnc(C(=O)Nc2cccc(Cl)c2C(=O)O)c1. The van der Waals surface area contributed by atoms with E-state index in [9.17, 15) is 9.59 Å². The van der Waals surface area contributed by atoms with Gasteiger partial charge >= 0.3 is 5.97 Å². The number of halogens is 1. The average molecular weight is 309 g/mol. The molecule has 0 aliphatic carbocycles. The summed E-state index contributed by atoms with van der Waals surface area (Å²) in [5.74, 6) is -1.74. The van der Waals surface area contributed by atoms with Crippen LogP contribution in [0.2, 0.25) is 5.02 Å². The van der Waals surface area contributed by atoms with Crippen molar-refractivity contribution in [3.8, 4) is 0 Å². The minimum Gasteiger partial charge on any atom is -0.478 e. The van der Waals surface area contributed by atoms with Crippen molar-refractivity contribution in [2.75, 3.05) is 11.9 Å². The highest BCUT2D eigenvalue weighted by atomic mass is 35.5. The maximum atomic E-state index is 12.1. The van der Waals surface area contributed by atoms with Gasteiger partial charge in [0.15, 0.2) is 0 Å². The summed E-state index contributed by atoms with van der Waals surface area (Å²) < 4.78 is 1.67. The van der Waals surface area contributed by atoms with Gasteiger partial charge < -0.3 is 20.7 Å². The van der Waals surface area contributed by atoms with E-state index < -0.39 is 11.9 Å². The van der Waals surface area contributed by atoms with Crippen LogP contribution < -0.4 is 11.1 Å². The molecule has 0 saturated heterocycles. The number of carbonyl (C=O) groups is 2. The van der Waals surface area contributed by atoms with Gasteiger partial charge in [-0.1, -0.05) is 17.7 Å². The zero-order valence-electron chi connectivity index (χ0n) is 10.9. The Morgan fingerprint density at radius 1 is 1.43 bits per heavy atom. The molecule has 0 radical (unpaired) electrons. The average Bonchev–Trinajstić information content (AvgIpc) is 2.87. The van der Waals surface area contributed by atoms with E-state index in [1.807, 2.05) is 0 Å². The van der Waals surface area contributed by atoms with Crippen molar-refractivity contribution in [1.82, 2.24) is 9.55 Å². The van der Waals surface area contributed by atoms with Crippen LogP contribution >= 0.6 is 11.6 Å². The smallest absolute Gasteiger partial charge is 0.339 e. The van der Waals surface area contributed by atoms with Gasteiger partial charge in [0.2, 0.25) is 0 Å². The van der Waals surface area contributed by atoms with Crippen LogP contribution in [0.25, 0.3) is 0 Å². The van der Waals surface area contributed by atoms with Crippen molar-refractivity contribution in [2.24, 2.45) is 5.73 Å². The molecule has 7 nitrogen and oxygen atoms in total. The van der Waals surface area contributed by atoms with Crippen molar-refractivity contribution >= 4 is 29.2 Å². The van der Waals surface area contributed by atoms with Crippen molar-refractivity contribution in [2.45, 2.75) is 6.54 Å². The highest BCUT2D eigenvalue weighted by Crippen LogP contribution is 2.24. The quantitative estimate of drug-likeness (QED) is 0.774. The third-order valence-corrected chi connectivity index (χ3v) is 3.04. The van der Waals surface area contributed by atoms with E-state index in [-0.39, 0.29) is 22.0 Å². The Hall–Kier alpha value is -2.38. The number of carboxylic acids is 1. The molecular weight excluding hydrogens is 296 g/mol. The zero-order valence-corrected chi connectivity index (χ0v) is 11.7. The molecule has 1 aromatic carbocycles. The number of carboxylic acid groups (broad SMARTS) is 1. The van der Waals surface area contributed by atoms with Gasteiger partial charge in [-0.05, 0) is 12.1 Å². The molecule has 1 heterocycles. The highest BCUT2D eigenvalue weighted by molar-refractivity contribution is 6.34. The van der Waals surface area contributed by atoms with Crippen molar-refractivity contribution in [3.63, 3.8) is 0 Å². The third-order valence-electron chi connectivity index (χ3n) is 2.73. The lowest BCUT2D eigenvalue weighted by molar-refractivity contribution is 0.0698. The van der Waals surface area contributed by atoms with Crippen LogP contribution in [0.5, 0.6) is 0 Å². The third kappa shape index (κ3) is 3.39. The van der Waals surface area contributed by atoms with Crippen LogP contribution in [0.15, 0.2) is 30.7 Å². The maximum absolute atomic E-state index is 12.1. The second-order valence-electron chi connectivity index (χ2n) is 4.21. The minimum atomic E-state index is -1.22. The summed E-state index contributed by atoms with van der Waals surface area (Å²) in [5.41, 5.74) is 5.54. The maximum Gasteiger partial charge on any atom is 0.339 e. The normalized spacial score (nSPS) is 10.4. The summed E-state index contributed by atoms with van der Waals surface area (Å²) in [7, 11) is 0. The molecule has 0 aliphatic rings. The number of nitrogens with two attached hydrogens (primary N) is 1. The Bertz CT molecular complexity index is 684. The van der Waals surface area contributed by atoms with Gasteiger partial charge in [0.25, 0.3) is 5.91 Å². The molecule has 21 heavy (non-hydrogen) atoms. The molecule has 1 amide bonds. The van der Waals surface area contributed by atoms with Gasteiger partial charge in [-0.15, -0.1) is 0 Å². The molecule has 2 aromatic rings. The lowest BCUT2D eigenvalue weighted by atomic mass is 10.1. The van der Waals surface area contributed by atoms with Crippen LogP contribution in [-0.2, 0) is 6.54 Å². The fraction of sp³-hybridized carbons (Fsp3) is 0.154. The van der Waals surface area contributed by atoms with Gasteiger partial charge in [0.1, 0.15) is 11.3 Å². The molecule has 8 heteroatoms. The summed E-state index contributed by atoms with van der Waals surface area (Å²) in [6.07, 6.45) is 3.02. The van der Waals surface area contributed by atoms with E-state index in [1.54, 1.807) is 10.6 Å². The molecule has 4 N–H and O–H groups in total. The molecular formula is C13H13ClN4O3. The second kappa shape index (κ2) is 6.38. The summed E-state index contributed by atoms with van der Waals surface area (Å²) in [5, 5.41) is 11.7. The summed E-state index contributed by atoms with van der Waals surface area (Å²) in [6, 6.07) is 4.46. The molecule has 0 saturated carbocycles. The minimum absolute atomic E-state index is 0.0500. The number of aromatic carboxylic acids is 1. The largest absolute Gasteiger partial charge is 0.478 e. The second-order valence-corrected chi connectivity index (χ2v) is 4.61. The lowest BCUT2D eigenvalue weighted by Crippen LogP contribution is -2.15. The molecule has 110 valence electrons. The van der Waals surface area contributed by atoms with Crippen molar-refractivity contribution in [1.29, 1.82) is 0 Å². The first-order valence-corrected chi connectivity index (χ1v) is 6.45. The Morgan fingerprint density at radius 3 is 2.86 bits per heavy atom. The standard InChI is InChI=1S/C13H13ClN4O3/c14-8-2-1-3-9(11(8)13(20)21)17-12(19)10-6-18(5-4-15)7-16-10/h1-3,6-7H,4-5,15H2,(H,17,19)(H,20,21). The van der Waals surface area contributed by atoms with Crippen LogP contribution in [0, 0.1) is 0 Å². The van der Waals surface area contributed by atoms with E-state index in [4.69, 9.17) is 22.4 Å². The molecule has 2 rings (SSSR count). The first-order valence-electron chi connectivity index (χ1n) is 6.08. The Morgan fingerprint density at radius 2 is 2.19 bits per heavy atom. The number of aromatic nitrogens is 2. The number of nitrogens with one attached hydrogen (secondary N) is 1. The first kappa shape index (κ1) is 15.0. The van der Waals surface area contributed by atoms with E-state index in [0.717, 1.165) is 0 Å². The fourth-order valence-corrected chi connectivity index (χ4v) is 2.04. The number of amides is 1. The molecule has 0 atom stereocenters.